The Labute approximate surface area is 176 Å². The van der Waals surface area contributed by atoms with Crippen LogP contribution >= 0.6 is 0 Å². The Hall–Kier alpha value is -3.19. The van der Waals surface area contributed by atoms with E-state index in [9.17, 15) is 17.6 Å². The van der Waals surface area contributed by atoms with Crippen LogP contribution in [0.2, 0.25) is 0 Å². The lowest BCUT2D eigenvalue weighted by molar-refractivity contribution is -0.119. The average Bonchev–Trinajstić information content (AvgIpc) is 2.73. The van der Waals surface area contributed by atoms with E-state index in [-0.39, 0.29) is 23.8 Å². The van der Waals surface area contributed by atoms with Gasteiger partial charge in [-0.25, -0.2) is 12.8 Å². The molecule has 7 heteroatoms. The summed E-state index contributed by atoms with van der Waals surface area (Å²) >= 11 is 0. The summed E-state index contributed by atoms with van der Waals surface area (Å²) in [5, 5.41) is 2.71. The van der Waals surface area contributed by atoms with Gasteiger partial charge in [0.15, 0.2) is 0 Å². The van der Waals surface area contributed by atoms with Crippen molar-refractivity contribution < 1.29 is 17.6 Å². The number of hydrogen-bond acceptors (Lipinski definition) is 3. The fraction of sp³-hybridized carbons (Fsp3) is 0.174. The second-order valence-corrected chi connectivity index (χ2v) is 8.88. The van der Waals surface area contributed by atoms with Crippen molar-refractivity contribution in [3.05, 3.63) is 95.3 Å². The smallest absolute Gasteiger partial charge is 0.264 e. The lowest BCUT2D eigenvalue weighted by Crippen LogP contribution is -2.41. The largest absolute Gasteiger partial charge is 0.350 e. The lowest BCUT2D eigenvalue weighted by atomic mass is 10.1. The summed E-state index contributed by atoms with van der Waals surface area (Å²) < 4.78 is 40.8. The average molecular weight is 427 g/mol. The normalized spacial score (nSPS) is 11.2. The molecule has 156 valence electrons. The van der Waals surface area contributed by atoms with E-state index in [0.717, 1.165) is 15.4 Å². The van der Waals surface area contributed by atoms with Crippen LogP contribution in [-0.2, 0) is 21.4 Å². The van der Waals surface area contributed by atoms with Crippen LogP contribution in [0.4, 0.5) is 10.1 Å². The number of aryl methyl sites for hydroxylation is 2. The molecule has 0 saturated heterocycles. The van der Waals surface area contributed by atoms with Gasteiger partial charge in [0.25, 0.3) is 10.0 Å². The summed E-state index contributed by atoms with van der Waals surface area (Å²) in [6, 6.07) is 19.2. The van der Waals surface area contributed by atoms with E-state index in [1.165, 1.54) is 24.3 Å². The molecule has 0 heterocycles. The van der Waals surface area contributed by atoms with Gasteiger partial charge in [-0.15, -0.1) is 0 Å². The Morgan fingerprint density at radius 2 is 1.63 bits per heavy atom. The maximum atomic E-state index is 13.3. The van der Waals surface area contributed by atoms with Gasteiger partial charge in [-0.3, -0.25) is 9.10 Å². The maximum absolute atomic E-state index is 13.3. The van der Waals surface area contributed by atoms with E-state index in [2.05, 4.69) is 5.32 Å². The Morgan fingerprint density at radius 1 is 0.967 bits per heavy atom. The molecule has 30 heavy (non-hydrogen) atoms. The van der Waals surface area contributed by atoms with Crippen LogP contribution in [0.5, 0.6) is 0 Å². The number of carbonyl (C=O) groups is 1. The molecule has 0 unspecified atom stereocenters. The van der Waals surface area contributed by atoms with E-state index in [1.54, 1.807) is 36.4 Å². The number of sulfonamides is 1. The van der Waals surface area contributed by atoms with Crippen molar-refractivity contribution in [3.63, 3.8) is 0 Å². The van der Waals surface area contributed by atoms with Crippen LogP contribution in [0.1, 0.15) is 16.7 Å². The standard InChI is InChI=1S/C23H23FN2O3S/c1-17-8-13-22(18(2)14-17)26(30(28,29)21-6-4-3-5-7-21)16-23(27)25-15-19-9-11-20(24)12-10-19/h3-14H,15-16H2,1-2H3,(H,25,27). The molecular formula is C23H23FN2O3S. The van der Waals surface area contributed by atoms with Crippen LogP contribution in [0.3, 0.4) is 0 Å². The molecule has 0 aliphatic heterocycles. The third-order valence-corrected chi connectivity index (χ3v) is 6.42. The zero-order chi connectivity index (χ0) is 21.7. The third-order valence-electron chi connectivity index (χ3n) is 4.64. The van der Waals surface area contributed by atoms with Gasteiger partial charge in [-0.1, -0.05) is 48.0 Å². The van der Waals surface area contributed by atoms with Gasteiger partial charge < -0.3 is 5.32 Å². The zero-order valence-corrected chi connectivity index (χ0v) is 17.6. The van der Waals surface area contributed by atoms with Gasteiger partial charge in [0, 0.05) is 6.54 Å². The molecule has 0 aliphatic rings. The van der Waals surface area contributed by atoms with E-state index >= 15 is 0 Å². The van der Waals surface area contributed by atoms with Crippen molar-refractivity contribution in [1.82, 2.24) is 5.32 Å². The molecule has 0 saturated carbocycles. The number of rotatable bonds is 7. The minimum atomic E-state index is -3.95. The summed E-state index contributed by atoms with van der Waals surface area (Å²) in [5.74, 6) is -0.821. The van der Waals surface area contributed by atoms with Crippen molar-refractivity contribution in [1.29, 1.82) is 0 Å². The Balaban J connectivity index is 1.87. The summed E-state index contributed by atoms with van der Waals surface area (Å²) in [7, 11) is -3.95. The second-order valence-electron chi connectivity index (χ2n) is 7.02. The SMILES string of the molecule is Cc1ccc(N(CC(=O)NCc2ccc(F)cc2)S(=O)(=O)c2ccccc2)c(C)c1. The van der Waals surface area contributed by atoms with Gasteiger partial charge in [0.1, 0.15) is 12.4 Å². The maximum Gasteiger partial charge on any atom is 0.264 e. The molecule has 0 fully saturated rings. The van der Waals surface area contributed by atoms with Crippen LogP contribution in [0.25, 0.3) is 0 Å². The van der Waals surface area contributed by atoms with Gasteiger partial charge in [0.05, 0.1) is 10.6 Å². The first-order valence-electron chi connectivity index (χ1n) is 9.43. The molecule has 0 spiro atoms. The Bertz CT molecular complexity index is 1130. The first kappa shape index (κ1) is 21.5. The second kappa shape index (κ2) is 9.09. The minimum absolute atomic E-state index is 0.108. The number of amides is 1. The van der Waals surface area contributed by atoms with Crippen molar-refractivity contribution in [2.45, 2.75) is 25.3 Å². The fourth-order valence-electron chi connectivity index (χ4n) is 3.09. The van der Waals surface area contributed by atoms with Crippen molar-refractivity contribution >= 4 is 21.6 Å². The molecule has 0 aromatic heterocycles. The van der Waals surface area contributed by atoms with Gasteiger partial charge in [0.2, 0.25) is 5.91 Å². The molecule has 0 bridgehead atoms. The van der Waals surface area contributed by atoms with E-state index in [4.69, 9.17) is 0 Å². The van der Waals surface area contributed by atoms with E-state index < -0.39 is 15.9 Å². The summed E-state index contributed by atoms with van der Waals surface area (Å²) in [5.41, 5.74) is 2.91. The molecule has 3 rings (SSSR count). The number of hydrogen-bond donors (Lipinski definition) is 1. The highest BCUT2D eigenvalue weighted by Crippen LogP contribution is 2.27. The predicted molar refractivity (Wildman–Crippen MR) is 115 cm³/mol. The number of halogens is 1. The number of anilines is 1. The summed E-state index contributed by atoms with van der Waals surface area (Å²) in [4.78, 5) is 12.7. The third kappa shape index (κ3) is 5.04. The predicted octanol–water partition coefficient (Wildman–Crippen LogP) is 3.95. The molecule has 0 aliphatic carbocycles. The number of nitrogens with zero attached hydrogens (tertiary/aromatic N) is 1. The van der Waals surface area contributed by atoms with Crippen molar-refractivity contribution in [2.75, 3.05) is 10.8 Å². The summed E-state index contributed by atoms with van der Waals surface area (Å²) in [6.45, 7) is 3.53. The topological polar surface area (TPSA) is 66.5 Å². The minimum Gasteiger partial charge on any atom is -0.350 e. The molecule has 0 radical (unpaired) electrons. The number of carbonyl (C=O) groups excluding carboxylic acids is 1. The van der Waals surface area contributed by atoms with Crippen LogP contribution in [0, 0.1) is 19.7 Å². The first-order valence-corrected chi connectivity index (χ1v) is 10.9. The molecule has 1 N–H and O–H groups in total. The highest BCUT2D eigenvalue weighted by molar-refractivity contribution is 7.92. The highest BCUT2D eigenvalue weighted by atomic mass is 32.2. The zero-order valence-electron chi connectivity index (χ0n) is 16.8. The van der Waals surface area contributed by atoms with Crippen molar-refractivity contribution in [3.8, 4) is 0 Å². The van der Waals surface area contributed by atoms with Crippen LogP contribution in [0.15, 0.2) is 77.7 Å². The van der Waals surface area contributed by atoms with Crippen molar-refractivity contribution in [2.24, 2.45) is 0 Å². The number of nitrogens with one attached hydrogen (secondary N) is 1. The first-order chi connectivity index (χ1) is 14.3. The molecule has 1 amide bonds. The highest BCUT2D eigenvalue weighted by Gasteiger charge is 2.28. The molecule has 0 atom stereocenters. The number of benzene rings is 3. The fourth-order valence-corrected chi connectivity index (χ4v) is 4.60. The summed E-state index contributed by atoms with van der Waals surface area (Å²) in [6.07, 6.45) is 0. The quantitative estimate of drug-likeness (QED) is 0.622. The van der Waals surface area contributed by atoms with E-state index in [1.807, 2.05) is 26.0 Å². The van der Waals surface area contributed by atoms with Crippen LogP contribution in [-0.4, -0.2) is 20.9 Å². The molecule has 5 nitrogen and oxygen atoms in total. The van der Waals surface area contributed by atoms with Gasteiger partial charge in [-0.2, -0.15) is 0 Å². The molecule has 3 aromatic carbocycles. The van der Waals surface area contributed by atoms with Gasteiger partial charge >= 0.3 is 0 Å². The van der Waals surface area contributed by atoms with Crippen LogP contribution < -0.4 is 9.62 Å². The Kier molecular flexibility index (Phi) is 6.52. The van der Waals surface area contributed by atoms with Gasteiger partial charge in [-0.05, 0) is 55.3 Å². The Morgan fingerprint density at radius 3 is 2.27 bits per heavy atom. The molecule has 3 aromatic rings. The van der Waals surface area contributed by atoms with E-state index in [0.29, 0.717) is 11.3 Å². The molecular weight excluding hydrogens is 403 g/mol. The monoisotopic (exact) mass is 426 g/mol. The lowest BCUT2D eigenvalue weighted by Gasteiger charge is -2.26.